The molecule has 0 atom stereocenters. The molecule has 2 aliphatic carbocycles. The van der Waals surface area contributed by atoms with Crippen molar-refractivity contribution in [3.8, 4) is 22.3 Å². The summed E-state index contributed by atoms with van der Waals surface area (Å²) in [4.78, 5) is 2.49. The van der Waals surface area contributed by atoms with Crippen molar-refractivity contribution < 1.29 is 0 Å². The van der Waals surface area contributed by atoms with Crippen LogP contribution in [0.1, 0.15) is 157 Å². The minimum atomic E-state index is -0.177. The molecule has 0 saturated heterocycles. The van der Waals surface area contributed by atoms with Crippen LogP contribution in [0, 0.1) is 6.92 Å². The van der Waals surface area contributed by atoms with E-state index >= 15 is 0 Å². The maximum atomic E-state index is 2.51. The molecular weight excluding hydrogens is 819 g/mol. The van der Waals surface area contributed by atoms with Crippen LogP contribution in [0.15, 0.2) is 158 Å². The molecule has 0 saturated carbocycles. The van der Waals surface area contributed by atoms with Crippen molar-refractivity contribution in [2.45, 2.75) is 136 Å². The van der Waals surface area contributed by atoms with E-state index < -0.39 is 0 Å². The molecule has 0 heterocycles. The summed E-state index contributed by atoms with van der Waals surface area (Å²) in [5, 5.41) is 2.84. The first-order valence-corrected chi connectivity index (χ1v) is 25.1. The predicted octanol–water partition coefficient (Wildman–Crippen LogP) is 18.5. The first-order valence-electron chi connectivity index (χ1n) is 25.1. The van der Waals surface area contributed by atoms with Gasteiger partial charge in [-0.3, -0.25) is 0 Å². The molecule has 1 heteroatoms. The molecule has 2 aliphatic rings. The summed E-state index contributed by atoms with van der Waals surface area (Å²) < 4.78 is 0. The zero-order chi connectivity index (χ0) is 48.3. The van der Waals surface area contributed by atoms with Crippen LogP contribution in [0.2, 0.25) is 0 Å². The maximum Gasteiger partial charge on any atom is 0.0468 e. The number of nitrogens with zero attached hydrogens (tertiary/aromatic N) is 1. The summed E-state index contributed by atoms with van der Waals surface area (Å²) >= 11 is 0. The van der Waals surface area contributed by atoms with Gasteiger partial charge in [0.2, 0.25) is 0 Å². The van der Waals surface area contributed by atoms with Crippen LogP contribution in [-0.2, 0) is 33.5 Å². The van der Waals surface area contributed by atoms with Gasteiger partial charge in [0.15, 0.2) is 0 Å². The Morgan fingerprint density at radius 1 is 0.426 bits per heavy atom. The molecule has 1 nitrogen and oxygen atoms in total. The number of anilines is 3. The molecule has 8 aromatic rings. The van der Waals surface area contributed by atoms with Crippen molar-refractivity contribution >= 4 is 27.8 Å². The van der Waals surface area contributed by atoms with E-state index in [-0.39, 0.29) is 33.0 Å². The Hall–Kier alpha value is -6.18. The van der Waals surface area contributed by atoms with Crippen molar-refractivity contribution in [3.63, 3.8) is 0 Å². The van der Waals surface area contributed by atoms with Gasteiger partial charge in [0.05, 0.1) is 0 Å². The molecule has 0 amide bonds. The van der Waals surface area contributed by atoms with Crippen molar-refractivity contribution in [3.05, 3.63) is 219 Å². The van der Waals surface area contributed by atoms with Crippen LogP contribution < -0.4 is 4.90 Å². The van der Waals surface area contributed by atoms with Gasteiger partial charge in [-0.2, -0.15) is 0 Å². The summed E-state index contributed by atoms with van der Waals surface area (Å²) in [7, 11) is 0. The Morgan fingerprint density at radius 2 is 0.838 bits per heavy atom. The Bertz CT molecular complexity index is 3130. The molecular formula is C67H71N. The molecule has 0 radical (unpaired) electrons. The van der Waals surface area contributed by atoms with Gasteiger partial charge in [0.1, 0.15) is 0 Å². The SMILES string of the molecule is Cc1cc2c3c4c(cccc14)C(C)(C)c1cc(N(c4ccc(-c5ccc(CC(c6ccc(C(C)(C)C)cc6)c6ccc(C(C)(C)C)cc6)cc5)cc4)c4ccc(C(C)(C)C)cc4)cc(c1-3)C2(C)C. The zero-order valence-corrected chi connectivity index (χ0v) is 43.2. The first kappa shape index (κ1) is 45.6. The topological polar surface area (TPSA) is 3.24 Å². The standard InChI is InChI=1S/C67H71N/c1-42-38-57-62-60-54(42)16-15-17-56(60)66(11,12)58-40-53(41-59(61(58)62)67(57,13)14)68(52-36-32-50(33-37-52)65(8,9)10)51-34-26-45(27-35-51)44-20-18-43(19-21-44)39-55(46-22-28-48(29-23-46)63(2,3)4)47-24-30-49(31-25-47)64(5,6)7/h15-38,40-41,55H,39H2,1-14H3. The van der Waals surface area contributed by atoms with Gasteiger partial charge in [0.25, 0.3) is 0 Å². The van der Waals surface area contributed by atoms with Crippen molar-refractivity contribution in [1.29, 1.82) is 0 Å². The van der Waals surface area contributed by atoms with E-state index in [9.17, 15) is 0 Å². The van der Waals surface area contributed by atoms with Crippen molar-refractivity contribution in [1.82, 2.24) is 0 Å². The van der Waals surface area contributed by atoms with Crippen LogP contribution >= 0.6 is 0 Å². The van der Waals surface area contributed by atoms with Gasteiger partial charge >= 0.3 is 0 Å². The Morgan fingerprint density at radius 3 is 1.31 bits per heavy atom. The number of rotatable bonds is 8. The van der Waals surface area contributed by atoms with E-state index in [0.29, 0.717) is 0 Å². The van der Waals surface area contributed by atoms with E-state index in [1.807, 2.05) is 0 Å². The lowest BCUT2D eigenvalue weighted by molar-refractivity contribution is 0.589. The van der Waals surface area contributed by atoms with E-state index in [2.05, 4.69) is 260 Å². The Balaban J connectivity index is 1.01. The highest BCUT2D eigenvalue weighted by atomic mass is 15.1. The van der Waals surface area contributed by atoms with Gasteiger partial charge < -0.3 is 4.90 Å². The third-order valence-corrected chi connectivity index (χ3v) is 15.9. The van der Waals surface area contributed by atoms with Crippen molar-refractivity contribution in [2.24, 2.45) is 0 Å². The summed E-state index contributed by atoms with van der Waals surface area (Å²) in [6.07, 6.45) is 0.934. The molecule has 68 heavy (non-hydrogen) atoms. The minimum absolute atomic E-state index is 0.0608. The summed E-state index contributed by atoms with van der Waals surface area (Å²) in [6, 6.07) is 61.1. The third-order valence-electron chi connectivity index (χ3n) is 15.9. The molecule has 0 aromatic heterocycles. The molecule has 0 aliphatic heterocycles. The molecule has 0 spiro atoms. The average Bonchev–Trinajstić information content (AvgIpc) is 3.52. The monoisotopic (exact) mass is 890 g/mol. The van der Waals surface area contributed by atoms with Crippen LogP contribution in [0.3, 0.4) is 0 Å². The van der Waals surface area contributed by atoms with Gasteiger partial charge in [-0.05, 0) is 160 Å². The normalized spacial score (nSPS) is 14.8. The van der Waals surface area contributed by atoms with Crippen LogP contribution in [-0.4, -0.2) is 0 Å². The highest BCUT2D eigenvalue weighted by molar-refractivity contribution is 6.10. The second kappa shape index (κ2) is 15.9. The number of hydrogen-bond donors (Lipinski definition) is 0. The van der Waals surface area contributed by atoms with Gasteiger partial charge in [-0.1, -0.05) is 211 Å². The minimum Gasteiger partial charge on any atom is -0.310 e. The summed E-state index contributed by atoms with van der Waals surface area (Å²) in [5.41, 5.74) is 24.1. The van der Waals surface area contributed by atoms with Crippen LogP contribution in [0.25, 0.3) is 33.0 Å². The second-order valence-corrected chi connectivity index (χ2v) is 24.4. The fourth-order valence-electron chi connectivity index (χ4n) is 11.5. The average molecular weight is 890 g/mol. The number of aryl methyl sites for hydroxylation is 1. The van der Waals surface area contributed by atoms with E-state index in [1.54, 1.807) is 0 Å². The third kappa shape index (κ3) is 7.71. The fourth-order valence-corrected chi connectivity index (χ4v) is 11.5. The van der Waals surface area contributed by atoms with Gasteiger partial charge in [-0.15, -0.1) is 0 Å². The van der Waals surface area contributed by atoms with Crippen LogP contribution in [0.4, 0.5) is 17.1 Å². The highest BCUT2D eigenvalue weighted by Crippen LogP contribution is 2.61. The summed E-state index contributed by atoms with van der Waals surface area (Å²) in [5.74, 6) is 0.255. The van der Waals surface area contributed by atoms with Crippen LogP contribution in [0.5, 0.6) is 0 Å². The first-order chi connectivity index (χ1) is 32.0. The molecule has 10 rings (SSSR count). The molecule has 0 unspecified atom stereocenters. The van der Waals surface area contributed by atoms with Crippen molar-refractivity contribution in [2.75, 3.05) is 4.90 Å². The number of benzene rings is 8. The predicted molar refractivity (Wildman–Crippen MR) is 293 cm³/mol. The zero-order valence-electron chi connectivity index (χ0n) is 43.2. The Labute approximate surface area is 408 Å². The fraction of sp³-hybridized carbons (Fsp3) is 0.313. The lowest BCUT2D eigenvalue weighted by atomic mass is 9.68. The highest BCUT2D eigenvalue weighted by Gasteiger charge is 2.45. The van der Waals surface area contributed by atoms with E-state index in [0.717, 1.165) is 12.1 Å². The van der Waals surface area contributed by atoms with Gasteiger partial charge in [-0.25, -0.2) is 0 Å². The molecule has 0 N–H and O–H groups in total. The lowest BCUT2D eigenvalue weighted by Crippen LogP contribution is -2.25. The molecule has 0 fully saturated rings. The molecule has 8 aromatic carbocycles. The largest absolute Gasteiger partial charge is 0.310 e. The molecule has 0 bridgehead atoms. The maximum absolute atomic E-state index is 2.51. The van der Waals surface area contributed by atoms with E-state index in [4.69, 9.17) is 0 Å². The Kier molecular flexibility index (Phi) is 10.7. The lowest BCUT2D eigenvalue weighted by Gasteiger charge is -2.37. The van der Waals surface area contributed by atoms with Gasteiger partial charge in [0, 0.05) is 33.8 Å². The second-order valence-electron chi connectivity index (χ2n) is 24.4. The quantitative estimate of drug-likeness (QED) is 0.147. The molecule has 344 valence electrons. The van der Waals surface area contributed by atoms with E-state index in [1.165, 1.54) is 106 Å². The summed E-state index contributed by atoms with van der Waals surface area (Å²) in [6.45, 7) is 32.7. The number of hydrogen-bond acceptors (Lipinski definition) is 1. The smallest absolute Gasteiger partial charge is 0.0468 e.